The lowest BCUT2D eigenvalue weighted by atomic mass is 9.77. The molecule has 1 saturated heterocycles. The van der Waals surface area contributed by atoms with E-state index >= 15 is 0 Å². The molecule has 16 heavy (non-hydrogen) atoms. The van der Waals surface area contributed by atoms with Gasteiger partial charge in [0.15, 0.2) is 0 Å². The summed E-state index contributed by atoms with van der Waals surface area (Å²) in [6.07, 6.45) is 11.2. The van der Waals surface area contributed by atoms with Crippen LogP contribution in [0.15, 0.2) is 23.1 Å². The minimum atomic E-state index is 0.747. The molecule has 0 radical (unpaired) electrons. The van der Waals surface area contributed by atoms with Gasteiger partial charge >= 0.3 is 0 Å². The Morgan fingerprint density at radius 3 is 3.12 bits per heavy atom. The Morgan fingerprint density at radius 1 is 1.31 bits per heavy atom. The van der Waals surface area contributed by atoms with E-state index < -0.39 is 0 Å². The molecular formula is C13H18N2O. The molecule has 3 nitrogen and oxygen atoms in total. The molecule has 2 atom stereocenters. The molecule has 0 saturated carbocycles. The highest BCUT2D eigenvalue weighted by atomic mass is 16.5. The van der Waals surface area contributed by atoms with Gasteiger partial charge in [-0.25, -0.2) is 0 Å². The molecule has 3 rings (SSSR count). The van der Waals surface area contributed by atoms with E-state index in [9.17, 15) is 0 Å². The SMILES string of the molecule is C1=C(c2cnoc2)CC2CCNCCC1C2. The third kappa shape index (κ3) is 2.05. The summed E-state index contributed by atoms with van der Waals surface area (Å²) in [6, 6.07) is 0. The molecule has 1 fully saturated rings. The number of rotatable bonds is 1. The second-order valence-corrected chi connectivity index (χ2v) is 5.00. The molecule has 3 heteroatoms. The summed E-state index contributed by atoms with van der Waals surface area (Å²) in [6.45, 7) is 2.33. The zero-order valence-corrected chi connectivity index (χ0v) is 9.48. The Labute approximate surface area is 95.9 Å². The van der Waals surface area contributed by atoms with E-state index in [1.807, 2.05) is 6.20 Å². The second-order valence-electron chi connectivity index (χ2n) is 5.00. The molecule has 0 amide bonds. The summed E-state index contributed by atoms with van der Waals surface area (Å²) in [5.74, 6) is 1.59. The first-order valence-electron chi connectivity index (χ1n) is 6.23. The van der Waals surface area contributed by atoms with E-state index in [1.165, 1.54) is 43.4 Å². The van der Waals surface area contributed by atoms with E-state index in [4.69, 9.17) is 4.52 Å². The van der Waals surface area contributed by atoms with E-state index in [-0.39, 0.29) is 0 Å². The average molecular weight is 218 g/mol. The van der Waals surface area contributed by atoms with Crippen LogP contribution in [0, 0.1) is 11.8 Å². The molecule has 0 spiro atoms. The number of aromatic nitrogens is 1. The number of nitrogens with zero attached hydrogens (tertiary/aromatic N) is 1. The van der Waals surface area contributed by atoms with Gasteiger partial charge in [0.2, 0.25) is 0 Å². The van der Waals surface area contributed by atoms with Crippen LogP contribution in [0.3, 0.4) is 0 Å². The number of hydrogen-bond acceptors (Lipinski definition) is 3. The molecule has 1 aromatic heterocycles. The number of allylic oxidation sites excluding steroid dienone is 2. The Bertz CT molecular complexity index is 369. The van der Waals surface area contributed by atoms with Crippen LogP contribution in [0.5, 0.6) is 0 Å². The van der Waals surface area contributed by atoms with Crippen LogP contribution in [0.1, 0.15) is 31.2 Å². The van der Waals surface area contributed by atoms with Crippen molar-refractivity contribution in [2.75, 3.05) is 13.1 Å². The van der Waals surface area contributed by atoms with Crippen LogP contribution >= 0.6 is 0 Å². The molecular weight excluding hydrogens is 200 g/mol. The molecule has 1 N–H and O–H groups in total. The number of hydrogen-bond donors (Lipinski definition) is 1. The summed E-state index contributed by atoms with van der Waals surface area (Å²) in [4.78, 5) is 0. The highest BCUT2D eigenvalue weighted by Crippen LogP contribution is 2.37. The average Bonchev–Trinajstić information content (AvgIpc) is 2.80. The first-order chi connectivity index (χ1) is 7.92. The minimum Gasteiger partial charge on any atom is -0.364 e. The second kappa shape index (κ2) is 4.42. The van der Waals surface area contributed by atoms with Crippen molar-refractivity contribution in [1.82, 2.24) is 10.5 Å². The zero-order valence-electron chi connectivity index (χ0n) is 9.48. The molecule has 0 aromatic carbocycles. The largest absolute Gasteiger partial charge is 0.364 e. The Kier molecular flexibility index (Phi) is 2.79. The van der Waals surface area contributed by atoms with Gasteiger partial charge in [0.05, 0.1) is 6.20 Å². The minimum absolute atomic E-state index is 0.747. The Morgan fingerprint density at radius 2 is 2.25 bits per heavy atom. The summed E-state index contributed by atoms with van der Waals surface area (Å²) in [7, 11) is 0. The van der Waals surface area contributed by atoms with Gasteiger partial charge in [0.25, 0.3) is 0 Å². The molecule has 1 aliphatic carbocycles. The van der Waals surface area contributed by atoms with Crippen molar-refractivity contribution < 1.29 is 4.52 Å². The summed E-state index contributed by atoms with van der Waals surface area (Å²) >= 11 is 0. The fraction of sp³-hybridized carbons (Fsp3) is 0.615. The van der Waals surface area contributed by atoms with Gasteiger partial charge in [-0.15, -0.1) is 0 Å². The Hall–Kier alpha value is -1.09. The van der Waals surface area contributed by atoms with Gasteiger partial charge in [-0.2, -0.15) is 0 Å². The summed E-state index contributed by atoms with van der Waals surface area (Å²) in [5.41, 5.74) is 2.63. The van der Waals surface area contributed by atoms with Crippen molar-refractivity contribution in [2.24, 2.45) is 11.8 Å². The predicted octanol–water partition coefficient (Wildman–Crippen LogP) is 2.47. The maximum Gasteiger partial charge on any atom is 0.131 e. The van der Waals surface area contributed by atoms with Crippen molar-refractivity contribution in [2.45, 2.75) is 25.7 Å². The lowest BCUT2D eigenvalue weighted by molar-refractivity contribution is 0.334. The van der Waals surface area contributed by atoms with Gasteiger partial charge in [0.1, 0.15) is 6.26 Å². The van der Waals surface area contributed by atoms with Gasteiger partial charge < -0.3 is 9.84 Å². The molecule has 2 unspecified atom stereocenters. The van der Waals surface area contributed by atoms with Crippen LogP contribution < -0.4 is 5.32 Å². The number of nitrogens with one attached hydrogen (secondary N) is 1. The monoisotopic (exact) mass is 218 g/mol. The van der Waals surface area contributed by atoms with Crippen LogP contribution in [0.4, 0.5) is 0 Å². The lowest BCUT2D eigenvalue weighted by Gasteiger charge is -2.30. The highest BCUT2D eigenvalue weighted by Gasteiger charge is 2.24. The van der Waals surface area contributed by atoms with E-state index in [0.29, 0.717) is 0 Å². The quantitative estimate of drug-likeness (QED) is 0.787. The van der Waals surface area contributed by atoms with E-state index in [1.54, 1.807) is 6.26 Å². The van der Waals surface area contributed by atoms with E-state index in [2.05, 4.69) is 16.5 Å². The van der Waals surface area contributed by atoms with Crippen LogP contribution in [0.25, 0.3) is 5.57 Å². The first kappa shape index (κ1) is 10.1. The molecule has 2 aliphatic rings. The van der Waals surface area contributed by atoms with Crippen molar-refractivity contribution in [3.63, 3.8) is 0 Å². The molecule has 2 heterocycles. The normalized spacial score (nSPS) is 30.4. The first-order valence-corrected chi connectivity index (χ1v) is 6.23. The van der Waals surface area contributed by atoms with Crippen LogP contribution in [-0.4, -0.2) is 18.2 Å². The van der Waals surface area contributed by atoms with Crippen molar-refractivity contribution in [1.29, 1.82) is 0 Å². The zero-order chi connectivity index (χ0) is 10.8. The van der Waals surface area contributed by atoms with E-state index in [0.717, 1.165) is 18.4 Å². The van der Waals surface area contributed by atoms with Crippen LogP contribution in [-0.2, 0) is 0 Å². The molecule has 2 bridgehead atoms. The van der Waals surface area contributed by atoms with Gasteiger partial charge in [-0.1, -0.05) is 11.2 Å². The molecule has 86 valence electrons. The fourth-order valence-corrected chi connectivity index (χ4v) is 2.96. The smallest absolute Gasteiger partial charge is 0.131 e. The van der Waals surface area contributed by atoms with Crippen molar-refractivity contribution in [3.05, 3.63) is 24.1 Å². The molecule has 1 aromatic rings. The third-order valence-electron chi connectivity index (χ3n) is 3.81. The maximum absolute atomic E-state index is 4.94. The topological polar surface area (TPSA) is 38.1 Å². The van der Waals surface area contributed by atoms with Gasteiger partial charge in [0, 0.05) is 5.56 Å². The lowest BCUT2D eigenvalue weighted by Crippen LogP contribution is -2.28. The summed E-state index contributed by atoms with van der Waals surface area (Å²) in [5, 5.41) is 7.31. The van der Waals surface area contributed by atoms with Crippen LogP contribution in [0.2, 0.25) is 0 Å². The maximum atomic E-state index is 4.94. The highest BCUT2D eigenvalue weighted by molar-refractivity contribution is 5.65. The van der Waals surface area contributed by atoms with Crippen molar-refractivity contribution in [3.8, 4) is 0 Å². The number of fused-ring (bicyclic) bond motifs is 2. The third-order valence-corrected chi connectivity index (χ3v) is 3.81. The molecule has 1 aliphatic heterocycles. The predicted molar refractivity (Wildman–Crippen MR) is 62.8 cm³/mol. The summed E-state index contributed by atoms with van der Waals surface area (Å²) < 4.78 is 4.94. The fourth-order valence-electron chi connectivity index (χ4n) is 2.96. The van der Waals surface area contributed by atoms with Crippen molar-refractivity contribution >= 4 is 5.57 Å². The van der Waals surface area contributed by atoms with Gasteiger partial charge in [-0.3, -0.25) is 0 Å². The Balaban J connectivity index is 1.84. The van der Waals surface area contributed by atoms with Gasteiger partial charge in [-0.05, 0) is 56.2 Å². The standard InChI is InChI=1S/C13H18N2O/c1-3-14-4-2-11-5-10(1)6-12(7-11)13-8-15-16-9-13/h6,8-11,14H,1-5,7H2.